The Morgan fingerprint density at radius 3 is 1.70 bits per heavy atom. The Labute approximate surface area is 232 Å². The zero-order valence-corrected chi connectivity index (χ0v) is 21.8. The molecule has 1 N–H and O–H groups in total. The van der Waals surface area contributed by atoms with Crippen LogP contribution in [0.4, 0.5) is 0 Å². The molecule has 0 aliphatic heterocycles. The van der Waals surface area contributed by atoms with Crippen molar-refractivity contribution in [3.63, 3.8) is 0 Å². The van der Waals surface area contributed by atoms with Crippen LogP contribution in [0.15, 0.2) is 146 Å². The highest BCUT2D eigenvalue weighted by Gasteiger charge is 2.40. The highest BCUT2D eigenvalue weighted by atomic mass is 16.7. The molecule has 6 heteroatoms. The predicted octanol–water partition coefficient (Wildman–Crippen LogP) is 5.58. The summed E-state index contributed by atoms with van der Waals surface area (Å²) >= 11 is 0. The van der Waals surface area contributed by atoms with Gasteiger partial charge in [0.2, 0.25) is 0 Å². The van der Waals surface area contributed by atoms with Crippen molar-refractivity contribution in [3.8, 4) is 0 Å². The van der Waals surface area contributed by atoms with Gasteiger partial charge in [0.1, 0.15) is 17.1 Å². The first-order valence-electron chi connectivity index (χ1n) is 13.2. The molecule has 1 heterocycles. The number of benzene rings is 5. The van der Waals surface area contributed by atoms with Gasteiger partial charge in [-0.15, -0.1) is 5.10 Å². The van der Waals surface area contributed by atoms with Crippen LogP contribution < -0.4 is 10.2 Å². The number of nitrogens with one attached hydrogen (secondary N) is 1. The van der Waals surface area contributed by atoms with E-state index in [-0.39, 0.29) is 0 Å². The molecule has 0 aliphatic rings. The van der Waals surface area contributed by atoms with Gasteiger partial charge < -0.3 is 4.84 Å². The number of nitrogens with zero attached hydrogens (tertiary/aromatic N) is 3. The summed E-state index contributed by atoms with van der Waals surface area (Å²) in [6.07, 6.45) is 0.403. The SMILES string of the molecule is O=C(On1nnc2ccccc21)[C@H](Cc1ccccc1)NC(c1ccccc1)(c1ccccc1)c1ccccc1. The molecular weight excluding hydrogens is 496 g/mol. The van der Waals surface area contributed by atoms with Gasteiger partial charge >= 0.3 is 5.97 Å². The minimum absolute atomic E-state index is 0.403. The number of rotatable bonds is 9. The molecule has 6 rings (SSSR count). The maximum absolute atomic E-state index is 14.1. The van der Waals surface area contributed by atoms with Crippen molar-refractivity contribution in [1.82, 2.24) is 20.5 Å². The number of aromatic nitrogens is 3. The van der Waals surface area contributed by atoms with Crippen LogP contribution >= 0.6 is 0 Å². The van der Waals surface area contributed by atoms with Gasteiger partial charge in [-0.05, 0) is 46.0 Å². The Kier molecular flexibility index (Phi) is 7.16. The lowest BCUT2D eigenvalue weighted by molar-refractivity contribution is -0.148. The molecule has 1 atom stereocenters. The summed E-state index contributed by atoms with van der Waals surface area (Å²) in [5.41, 5.74) is 4.43. The van der Waals surface area contributed by atoms with E-state index in [1.807, 2.05) is 109 Å². The fraction of sp³-hybridized carbons (Fsp3) is 0.0882. The predicted molar refractivity (Wildman–Crippen MR) is 155 cm³/mol. The first-order valence-corrected chi connectivity index (χ1v) is 13.2. The van der Waals surface area contributed by atoms with E-state index in [4.69, 9.17) is 4.84 Å². The average Bonchev–Trinajstić information content (AvgIpc) is 3.43. The lowest BCUT2D eigenvalue weighted by atomic mass is 9.76. The van der Waals surface area contributed by atoms with Crippen LogP contribution in [0.5, 0.6) is 0 Å². The normalized spacial score (nSPS) is 12.2. The van der Waals surface area contributed by atoms with Crippen LogP contribution in [0.2, 0.25) is 0 Å². The maximum atomic E-state index is 14.1. The second-order valence-corrected chi connectivity index (χ2v) is 9.60. The number of hydrogen-bond donors (Lipinski definition) is 1. The third-order valence-corrected chi connectivity index (χ3v) is 7.08. The van der Waals surface area contributed by atoms with Crippen molar-refractivity contribution in [2.45, 2.75) is 18.0 Å². The Balaban J connectivity index is 1.48. The van der Waals surface area contributed by atoms with Crippen molar-refractivity contribution in [3.05, 3.63) is 168 Å². The van der Waals surface area contributed by atoms with Gasteiger partial charge in [-0.1, -0.05) is 138 Å². The summed E-state index contributed by atoms with van der Waals surface area (Å²) in [4.78, 5) is 21.2. The van der Waals surface area contributed by atoms with Gasteiger partial charge in [0.05, 0.1) is 5.54 Å². The second-order valence-electron chi connectivity index (χ2n) is 9.60. The largest absolute Gasteiger partial charge is 0.352 e. The molecule has 6 nitrogen and oxygen atoms in total. The molecule has 6 aromatic rings. The van der Waals surface area contributed by atoms with Crippen molar-refractivity contribution < 1.29 is 9.63 Å². The van der Waals surface area contributed by atoms with Gasteiger partial charge in [0, 0.05) is 0 Å². The smallest absolute Gasteiger partial charge is 0.315 e. The molecule has 1 aromatic heterocycles. The van der Waals surface area contributed by atoms with Crippen LogP contribution in [-0.2, 0) is 16.8 Å². The maximum Gasteiger partial charge on any atom is 0.352 e. The van der Waals surface area contributed by atoms with E-state index in [2.05, 4.69) is 52.0 Å². The number of carbonyl (C=O) groups excluding carboxylic acids is 1. The molecule has 0 saturated carbocycles. The molecule has 0 amide bonds. The summed E-state index contributed by atoms with van der Waals surface area (Å²) in [5.74, 6) is -0.466. The van der Waals surface area contributed by atoms with Crippen LogP contribution in [0.1, 0.15) is 22.3 Å². The highest BCUT2D eigenvalue weighted by Crippen LogP contribution is 2.37. The fourth-order valence-electron chi connectivity index (χ4n) is 5.18. The van der Waals surface area contributed by atoms with Crippen LogP contribution in [0, 0.1) is 0 Å². The first-order chi connectivity index (χ1) is 19.7. The number of fused-ring (bicyclic) bond motifs is 1. The summed E-state index contributed by atoms with van der Waals surface area (Å²) < 4.78 is 0. The minimum Gasteiger partial charge on any atom is -0.315 e. The molecule has 5 aromatic carbocycles. The Hall–Kier alpha value is -5.07. The van der Waals surface area contributed by atoms with Crippen molar-refractivity contribution >= 4 is 17.0 Å². The zero-order chi connectivity index (χ0) is 27.2. The Morgan fingerprint density at radius 2 is 1.15 bits per heavy atom. The second kappa shape index (κ2) is 11.4. The van der Waals surface area contributed by atoms with E-state index in [1.54, 1.807) is 0 Å². The van der Waals surface area contributed by atoms with Crippen LogP contribution in [0.25, 0.3) is 11.0 Å². The van der Waals surface area contributed by atoms with E-state index in [9.17, 15) is 4.79 Å². The molecule has 196 valence electrons. The van der Waals surface area contributed by atoms with E-state index >= 15 is 0 Å². The van der Waals surface area contributed by atoms with Crippen LogP contribution in [-0.4, -0.2) is 27.2 Å². The van der Waals surface area contributed by atoms with Gasteiger partial charge in [-0.25, -0.2) is 4.79 Å². The molecule has 40 heavy (non-hydrogen) atoms. The van der Waals surface area contributed by atoms with Crippen molar-refractivity contribution in [2.24, 2.45) is 0 Å². The summed E-state index contributed by atoms with van der Waals surface area (Å²) in [5, 5.41) is 12.0. The van der Waals surface area contributed by atoms with Gasteiger partial charge in [0.15, 0.2) is 0 Å². The topological polar surface area (TPSA) is 69.0 Å². The van der Waals surface area contributed by atoms with Gasteiger partial charge in [0.25, 0.3) is 0 Å². The van der Waals surface area contributed by atoms with Gasteiger partial charge in [-0.3, -0.25) is 5.32 Å². The average molecular weight is 525 g/mol. The molecule has 0 unspecified atom stereocenters. The number of hydrogen-bond acceptors (Lipinski definition) is 5. The van der Waals surface area contributed by atoms with E-state index in [0.29, 0.717) is 17.5 Å². The standard InChI is InChI=1S/C34H28N4O2/c39-33(40-38-32-24-14-13-23-30(32)36-37-38)31(25-26-15-5-1-6-16-26)35-34(27-17-7-2-8-18-27,28-19-9-3-10-20-28)29-21-11-4-12-22-29/h1-24,31,35H,25H2/t31-/m0/s1. The first kappa shape index (κ1) is 25.2. The minimum atomic E-state index is -0.854. The van der Waals surface area contributed by atoms with Crippen molar-refractivity contribution in [2.75, 3.05) is 0 Å². The molecule has 0 bridgehead atoms. The molecule has 0 saturated heterocycles. The Morgan fingerprint density at radius 1 is 0.675 bits per heavy atom. The highest BCUT2D eigenvalue weighted by molar-refractivity contribution is 5.79. The number of carbonyl (C=O) groups is 1. The van der Waals surface area contributed by atoms with E-state index in [0.717, 1.165) is 22.3 Å². The van der Waals surface area contributed by atoms with E-state index in [1.165, 1.54) is 4.85 Å². The monoisotopic (exact) mass is 524 g/mol. The zero-order valence-electron chi connectivity index (χ0n) is 21.8. The van der Waals surface area contributed by atoms with Crippen LogP contribution in [0.3, 0.4) is 0 Å². The molecule has 0 aliphatic carbocycles. The lowest BCUT2D eigenvalue weighted by Crippen LogP contribution is -2.55. The third-order valence-electron chi connectivity index (χ3n) is 7.08. The molecule has 0 radical (unpaired) electrons. The molecule has 0 spiro atoms. The summed E-state index contributed by atoms with van der Waals surface area (Å²) in [6.45, 7) is 0. The molecular formula is C34H28N4O2. The lowest BCUT2D eigenvalue weighted by Gasteiger charge is -2.39. The fourth-order valence-corrected chi connectivity index (χ4v) is 5.18. The number of para-hydroxylation sites is 1. The van der Waals surface area contributed by atoms with E-state index < -0.39 is 17.6 Å². The Bertz CT molecular complexity index is 1590. The quantitative estimate of drug-likeness (QED) is 0.198. The van der Waals surface area contributed by atoms with Gasteiger partial charge in [-0.2, -0.15) is 0 Å². The third kappa shape index (κ3) is 5.00. The molecule has 0 fully saturated rings. The summed E-state index contributed by atoms with van der Waals surface area (Å²) in [7, 11) is 0. The van der Waals surface area contributed by atoms with Crippen molar-refractivity contribution in [1.29, 1.82) is 0 Å². The summed E-state index contributed by atoms with van der Waals surface area (Å²) in [6, 6.07) is 47.2.